The molecule has 0 saturated carbocycles. The first kappa shape index (κ1) is 33.5. The van der Waals surface area contributed by atoms with E-state index in [1.807, 2.05) is 39.0 Å². The average molecular weight is 731 g/mol. The van der Waals surface area contributed by atoms with Gasteiger partial charge in [0.1, 0.15) is 6.07 Å². The third-order valence-corrected chi connectivity index (χ3v) is 7.29. The summed E-state index contributed by atoms with van der Waals surface area (Å²) in [5.74, 6) is -2.30. The molecule has 0 spiro atoms. The van der Waals surface area contributed by atoms with E-state index in [0.29, 0.717) is 65.6 Å². The second kappa shape index (κ2) is 13.7. The Labute approximate surface area is 276 Å². The number of quaternary nitrogens is 1. The number of anilines is 2. The lowest BCUT2D eigenvalue weighted by Crippen LogP contribution is -3.00. The largest absolute Gasteiger partial charge is 1.00 e. The van der Waals surface area contributed by atoms with Gasteiger partial charge in [-0.25, -0.2) is 14.4 Å². The Hall–Kier alpha value is -4.36. The molecule has 4 aromatic rings. The van der Waals surface area contributed by atoms with Crippen LogP contribution in [0.2, 0.25) is 0 Å². The van der Waals surface area contributed by atoms with Gasteiger partial charge < -0.3 is 48.3 Å². The van der Waals surface area contributed by atoms with E-state index >= 15 is 0 Å². The number of nitrogens with one attached hydrogen (secondary N) is 1. The van der Waals surface area contributed by atoms with Crippen molar-refractivity contribution in [2.24, 2.45) is 0 Å². The number of rotatable bonds is 8. The minimum absolute atomic E-state index is 0. The number of benzene rings is 2. The Balaban J connectivity index is 0.00000461. The normalized spacial score (nSPS) is 13.3. The number of fused-ring (bicyclic) bond motifs is 1. The second-order valence-electron chi connectivity index (χ2n) is 11.6. The summed E-state index contributed by atoms with van der Waals surface area (Å²) in [6, 6.07) is 9.70. The fraction of sp³-hybridized carbons (Fsp3) is 0.323. The van der Waals surface area contributed by atoms with Gasteiger partial charge in [-0.2, -0.15) is 9.65 Å². The van der Waals surface area contributed by atoms with E-state index in [1.165, 1.54) is 24.5 Å². The molecule has 2 aromatic heterocycles. The Bertz CT molecular complexity index is 1780. The Morgan fingerprint density at radius 3 is 2.42 bits per heavy atom. The lowest BCUT2D eigenvalue weighted by Gasteiger charge is -2.36. The van der Waals surface area contributed by atoms with Crippen LogP contribution in [0.1, 0.15) is 15.9 Å². The highest BCUT2D eigenvalue weighted by molar-refractivity contribution is 5.96. The van der Waals surface area contributed by atoms with Crippen molar-refractivity contribution in [3.63, 3.8) is 0 Å². The van der Waals surface area contributed by atoms with Gasteiger partial charge in [0, 0.05) is 55.4 Å². The van der Waals surface area contributed by atoms with Crippen LogP contribution in [-0.4, -0.2) is 101 Å². The van der Waals surface area contributed by atoms with Crippen LogP contribution < -0.4 is 34.0 Å². The van der Waals surface area contributed by atoms with Gasteiger partial charge in [0.2, 0.25) is 5.82 Å². The minimum Gasteiger partial charge on any atom is -1.00 e. The number of carbonyl (C=O) groups excluding carboxylic acids is 2. The summed E-state index contributed by atoms with van der Waals surface area (Å²) in [6.07, 6.45) is 4.51. The number of piperazine rings is 1. The first-order valence-electron chi connectivity index (χ1n) is 14.0. The van der Waals surface area contributed by atoms with Crippen LogP contribution in [-0.2, 0) is 4.79 Å². The number of ether oxygens (including phenoxy) is 1. The molecule has 3 heterocycles. The first-order chi connectivity index (χ1) is 21.0. The molecule has 2 amide bonds. The number of halogens is 3. The van der Waals surface area contributed by atoms with Gasteiger partial charge >= 0.3 is 0 Å². The van der Waals surface area contributed by atoms with Crippen molar-refractivity contribution < 1.29 is 51.6 Å². The zero-order valence-corrected chi connectivity index (χ0v) is 27.5. The van der Waals surface area contributed by atoms with Crippen LogP contribution in [0.25, 0.3) is 16.9 Å². The van der Waals surface area contributed by atoms with Crippen molar-refractivity contribution >= 4 is 29.0 Å². The maximum atomic E-state index is 15.0. The molecule has 1 aliphatic heterocycles. The van der Waals surface area contributed by atoms with Crippen molar-refractivity contribution in [1.29, 1.82) is 5.26 Å². The Morgan fingerprint density at radius 1 is 1.04 bits per heavy atom. The Kier molecular flexibility index (Phi) is 10.2. The molecule has 11 nitrogen and oxygen atoms in total. The van der Waals surface area contributed by atoms with Gasteiger partial charge in [-0.05, 0) is 42.8 Å². The van der Waals surface area contributed by atoms with Gasteiger partial charge in [0.25, 0.3) is 11.8 Å². The number of aromatic nitrogens is 3. The van der Waals surface area contributed by atoms with Crippen molar-refractivity contribution in [3.05, 3.63) is 71.7 Å². The lowest BCUT2D eigenvalue weighted by molar-refractivity contribution is -0.862. The molecule has 1 N–H and O–H groups in total. The summed E-state index contributed by atoms with van der Waals surface area (Å²) < 4.78 is 36.6. The minimum atomic E-state index is -1.19. The van der Waals surface area contributed by atoms with E-state index < -0.39 is 18.2 Å². The molecule has 0 aliphatic carbocycles. The first-order valence-corrected chi connectivity index (χ1v) is 14.0. The molecule has 0 radical (unpaired) electrons. The number of nitrogens with zero attached hydrogens (tertiary/aromatic N) is 7. The van der Waals surface area contributed by atoms with E-state index in [-0.39, 0.29) is 47.1 Å². The number of carbonyl (C=O) groups is 2. The number of aryl methyl sites for hydroxylation is 1. The summed E-state index contributed by atoms with van der Waals surface area (Å²) in [7, 11) is 5.92. The summed E-state index contributed by atoms with van der Waals surface area (Å²) >= 11 is 0. The Morgan fingerprint density at radius 2 is 1.76 bits per heavy atom. The number of nitriles is 1. The third kappa shape index (κ3) is 7.31. The van der Waals surface area contributed by atoms with Crippen molar-refractivity contribution in [1.82, 2.24) is 24.2 Å². The predicted molar refractivity (Wildman–Crippen MR) is 159 cm³/mol. The summed E-state index contributed by atoms with van der Waals surface area (Å²) in [5.41, 5.74) is 2.63. The van der Waals surface area contributed by atoms with Crippen LogP contribution in [0.15, 0.2) is 48.9 Å². The molecule has 14 heteroatoms. The quantitative estimate of drug-likeness (QED) is 0.209. The number of hydrogen-bond donors (Lipinski definition) is 1. The van der Waals surface area contributed by atoms with Crippen molar-refractivity contribution in [2.45, 2.75) is 6.92 Å². The molecule has 0 unspecified atom stereocenters. The zero-order valence-electron chi connectivity index (χ0n) is 25.4. The molecule has 5 rings (SSSR count). The van der Waals surface area contributed by atoms with Gasteiger partial charge in [-0.15, -0.1) is 0 Å². The zero-order chi connectivity index (χ0) is 31.6. The van der Waals surface area contributed by atoms with Crippen LogP contribution in [0.3, 0.4) is 0 Å². The SMILES string of the molecule is Cc1cc(Nc2nccn3c(-c4ccc(OCC#N)c(F)c4F)cnc23)ccc1C(=O)N1CCN(C(=O)C[N+](C)(C)C)CC1.[I-]. The van der Waals surface area contributed by atoms with Crippen LogP contribution in [0.5, 0.6) is 5.75 Å². The molecule has 1 fully saturated rings. The molecule has 45 heavy (non-hydrogen) atoms. The highest BCUT2D eigenvalue weighted by Gasteiger charge is 2.28. The second-order valence-corrected chi connectivity index (χ2v) is 11.6. The van der Waals surface area contributed by atoms with Gasteiger partial charge in [0.15, 0.2) is 36.2 Å². The third-order valence-electron chi connectivity index (χ3n) is 7.29. The number of hydrogen-bond acceptors (Lipinski definition) is 7. The van der Waals surface area contributed by atoms with Crippen LogP contribution in [0.4, 0.5) is 20.3 Å². The summed E-state index contributed by atoms with van der Waals surface area (Å²) in [6.45, 7) is 3.79. The highest BCUT2D eigenvalue weighted by Crippen LogP contribution is 2.32. The fourth-order valence-corrected chi connectivity index (χ4v) is 5.11. The van der Waals surface area contributed by atoms with E-state index in [2.05, 4.69) is 15.3 Å². The molecule has 0 bridgehead atoms. The topological polar surface area (TPSA) is 116 Å². The predicted octanol–water partition coefficient (Wildman–Crippen LogP) is 0.624. The lowest BCUT2D eigenvalue weighted by atomic mass is 10.1. The highest BCUT2D eigenvalue weighted by atomic mass is 127. The summed E-state index contributed by atoms with van der Waals surface area (Å²) in [4.78, 5) is 38.2. The van der Waals surface area contributed by atoms with Gasteiger partial charge in [-0.3, -0.25) is 14.0 Å². The maximum Gasteiger partial charge on any atom is 0.277 e. The number of amides is 2. The average Bonchev–Trinajstić information content (AvgIpc) is 3.42. The molecule has 1 saturated heterocycles. The van der Waals surface area contributed by atoms with Crippen molar-refractivity contribution in [2.75, 3.05) is 65.8 Å². The molecule has 0 atom stereocenters. The van der Waals surface area contributed by atoms with Crippen molar-refractivity contribution in [3.8, 4) is 23.1 Å². The fourth-order valence-electron chi connectivity index (χ4n) is 5.11. The van der Waals surface area contributed by atoms with E-state index in [0.717, 1.165) is 5.56 Å². The van der Waals surface area contributed by atoms with E-state index in [1.54, 1.807) is 33.7 Å². The molecular formula is C31H33F2IN8O3. The number of likely N-dealkylation sites (N-methyl/N-ethyl adjacent to an activating group) is 1. The molecule has 2 aromatic carbocycles. The smallest absolute Gasteiger partial charge is 0.277 e. The standard InChI is InChI=1S/C31H32F2N8O3.HI/c1-20-17-21(5-6-22(20)31(43)39-14-12-38(13-15-39)26(42)19-41(2,3)4)37-29-30-36-18-24(40(30)11-10-35-29)23-7-8-25(44-16-9-34)28(33)27(23)32;/h5-8,10-11,17-18H,12-16,19H2,1-4H3;1H. The van der Waals surface area contributed by atoms with Gasteiger partial charge in [0.05, 0.1) is 33.0 Å². The molecule has 236 valence electrons. The monoisotopic (exact) mass is 730 g/mol. The van der Waals surface area contributed by atoms with Crippen LogP contribution in [0, 0.1) is 29.9 Å². The maximum absolute atomic E-state index is 15.0. The van der Waals surface area contributed by atoms with E-state index in [9.17, 15) is 18.4 Å². The van der Waals surface area contributed by atoms with Gasteiger partial charge in [-0.1, -0.05) is 0 Å². The molecule has 1 aliphatic rings. The molecular weight excluding hydrogens is 697 g/mol. The van der Waals surface area contributed by atoms with E-state index in [4.69, 9.17) is 10.00 Å². The van der Waals surface area contributed by atoms with Crippen LogP contribution >= 0.6 is 0 Å². The number of imidazole rings is 1. The summed E-state index contributed by atoms with van der Waals surface area (Å²) in [5, 5.41) is 11.9.